The molecule has 98 valence electrons. The second-order valence-electron chi connectivity index (χ2n) is 5.06. The molecule has 1 aromatic carbocycles. The molecule has 0 unspecified atom stereocenters. The number of benzene rings is 1. The molecule has 0 aromatic heterocycles. The van der Waals surface area contributed by atoms with Gasteiger partial charge in [0.1, 0.15) is 0 Å². The van der Waals surface area contributed by atoms with Crippen molar-refractivity contribution in [3.63, 3.8) is 0 Å². The maximum absolute atomic E-state index is 11.6. The van der Waals surface area contributed by atoms with Gasteiger partial charge < -0.3 is 16.4 Å². The molecule has 0 radical (unpaired) electrons. The topological polar surface area (TPSA) is 84.2 Å². The quantitative estimate of drug-likeness (QED) is 0.747. The zero-order chi connectivity index (χ0) is 13.8. The molecule has 18 heavy (non-hydrogen) atoms. The van der Waals surface area contributed by atoms with Crippen LogP contribution in [0.15, 0.2) is 24.3 Å². The predicted octanol–water partition coefficient (Wildman–Crippen LogP) is 1.11. The molecular formula is C13H19N3O2. The van der Waals surface area contributed by atoms with Crippen molar-refractivity contribution in [3.05, 3.63) is 29.8 Å². The van der Waals surface area contributed by atoms with Crippen molar-refractivity contribution in [2.75, 3.05) is 11.9 Å². The van der Waals surface area contributed by atoms with Crippen LogP contribution in [-0.2, 0) is 4.79 Å². The summed E-state index contributed by atoms with van der Waals surface area (Å²) in [5, 5.41) is 5.72. The molecule has 5 nitrogen and oxygen atoms in total. The number of para-hydroxylation sites is 1. The molecular weight excluding hydrogens is 230 g/mol. The highest BCUT2D eigenvalue weighted by Crippen LogP contribution is 2.13. The molecule has 0 saturated heterocycles. The van der Waals surface area contributed by atoms with Gasteiger partial charge in [0.05, 0.1) is 12.1 Å². The molecule has 0 aliphatic carbocycles. The van der Waals surface area contributed by atoms with E-state index < -0.39 is 5.91 Å². The molecule has 0 aliphatic heterocycles. The number of hydrogen-bond donors (Lipinski definition) is 3. The summed E-state index contributed by atoms with van der Waals surface area (Å²) >= 11 is 0. The Hall–Kier alpha value is -2.04. The smallest absolute Gasteiger partial charge is 0.250 e. The molecule has 0 spiro atoms. The van der Waals surface area contributed by atoms with E-state index in [9.17, 15) is 9.59 Å². The van der Waals surface area contributed by atoms with E-state index in [2.05, 4.69) is 10.6 Å². The van der Waals surface area contributed by atoms with Crippen LogP contribution in [0.4, 0.5) is 5.69 Å². The molecule has 5 heteroatoms. The number of carbonyl (C=O) groups excluding carboxylic acids is 2. The van der Waals surface area contributed by atoms with Crippen LogP contribution in [0.1, 0.15) is 31.1 Å². The molecule has 0 saturated carbocycles. The van der Waals surface area contributed by atoms with Crippen LogP contribution >= 0.6 is 0 Å². The van der Waals surface area contributed by atoms with Crippen molar-refractivity contribution < 1.29 is 9.59 Å². The summed E-state index contributed by atoms with van der Waals surface area (Å²) in [6.07, 6.45) is 0. The van der Waals surface area contributed by atoms with Gasteiger partial charge >= 0.3 is 0 Å². The van der Waals surface area contributed by atoms with Gasteiger partial charge in [-0.1, -0.05) is 12.1 Å². The average molecular weight is 249 g/mol. The number of amides is 2. The van der Waals surface area contributed by atoms with Crippen LogP contribution < -0.4 is 16.4 Å². The predicted molar refractivity (Wildman–Crippen MR) is 71.3 cm³/mol. The molecule has 1 rings (SSSR count). The minimum Gasteiger partial charge on any atom is -0.376 e. The number of carbonyl (C=O) groups is 2. The highest BCUT2D eigenvalue weighted by atomic mass is 16.2. The zero-order valence-corrected chi connectivity index (χ0v) is 10.9. The molecule has 0 fully saturated rings. The molecule has 2 amide bonds. The van der Waals surface area contributed by atoms with E-state index >= 15 is 0 Å². The highest BCUT2D eigenvalue weighted by molar-refractivity contribution is 5.99. The zero-order valence-electron chi connectivity index (χ0n) is 10.9. The van der Waals surface area contributed by atoms with Gasteiger partial charge in [-0.05, 0) is 32.9 Å². The Balaban J connectivity index is 2.64. The molecule has 0 aliphatic rings. The Labute approximate surface area is 107 Å². The van der Waals surface area contributed by atoms with Crippen molar-refractivity contribution in [1.82, 2.24) is 5.32 Å². The maximum Gasteiger partial charge on any atom is 0.250 e. The first-order valence-electron chi connectivity index (χ1n) is 5.73. The Kier molecular flexibility index (Phi) is 4.31. The number of rotatable bonds is 4. The van der Waals surface area contributed by atoms with Crippen LogP contribution in [0, 0.1) is 0 Å². The first kappa shape index (κ1) is 14.0. The van der Waals surface area contributed by atoms with Gasteiger partial charge in [-0.25, -0.2) is 0 Å². The number of nitrogens with two attached hydrogens (primary N) is 1. The van der Waals surface area contributed by atoms with Gasteiger partial charge in [0, 0.05) is 11.2 Å². The minimum absolute atomic E-state index is 0.0988. The van der Waals surface area contributed by atoms with Crippen molar-refractivity contribution in [1.29, 1.82) is 0 Å². The van der Waals surface area contributed by atoms with Crippen LogP contribution in [0.3, 0.4) is 0 Å². The van der Waals surface area contributed by atoms with Crippen molar-refractivity contribution >= 4 is 17.5 Å². The first-order chi connectivity index (χ1) is 8.29. The molecule has 4 N–H and O–H groups in total. The van der Waals surface area contributed by atoms with E-state index in [1.165, 1.54) is 0 Å². The molecule has 0 heterocycles. The van der Waals surface area contributed by atoms with Crippen LogP contribution in [0.25, 0.3) is 0 Å². The Morgan fingerprint density at radius 2 is 1.83 bits per heavy atom. The van der Waals surface area contributed by atoms with E-state index in [0.29, 0.717) is 11.3 Å². The fraction of sp³-hybridized carbons (Fsp3) is 0.385. The van der Waals surface area contributed by atoms with Gasteiger partial charge in [0.15, 0.2) is 0 Å². The fourth-order valence-electron chi connectivity index (χ4n) is 1.49. The van der Waals surface area contributed by atoms with Crippen molar-refractivity contribution in [2.45, 2.75) is 26.3 Å². The highest BCUT2D eigenvalue weighted by Gasteiger charge is 2.14. The summed E-state index contributed by atoms with van der Waals surface area (Å²) in [4.78, 5) is 22.8. The van der Waals surface area contributed by atoms with E-state index in [-0.39, 0.29) is 18.0 Å². The van der Waals surface area contributed by atoms with Gasteiger partial charge in [0.25, 0.3) is 5.91 Å². The van der Waals surface area contributed by atoms with Crippen LogP contribution in [0.5, 0.6) is 0 Å². The fourth-order valence-corrected chi connectivity index (χ4v) is 1.49. The third kappa shape index (κ3) is 4.45. The molecule has 0 bridgehead atoms. The van der Waals surface area contributed by atoms with Crippen LogP contribution in [-0.4, -0.2) is 23.9 Å². The standard InChI is InChI=1S/C13H19N3O2/c1-13(2,3)16-11(17)8-15-10-7-5-4-6-9(10)12(14)18/h4-7,15H,8H2,1-3H3,(H2,14,18)(H,16,17). The first-order valence-corrected chi connectivity index (χ1v) is 5.73. The van der Waals surface area contributed by atoms with Gasteiger partial charge in [-0.15, -0.1) is 0 Å². The number of anilines is 1. The summed E-state index contributed by atoms with van der Waals surface area (Å²) in [5.74, 6) is -0.656. The lowest BCUT2D eigenvalue weighted by Crippen LogP contribution is -2.43. The lowest BCUT2D eigenvalue weighted by atomic mass is 10.1. The maximum atomic E-state index is 11.6. The third-order valence-corrected chi connectivity index (χ3v) is 2.15. The Morgan fingerprint density at radius 1 is 1.22 bits per heavy atom. The second kappa shape index (κ2) is 5.53. The van der Waals surface area contributed by atoms with E-state index in [4.69, 9.17) is 5.73 Å². The SMILES string of the molecule is CC(C)(C)NC(=O)CNc1ccccc1C(N)=O. The average Bonchev–Trinajstić information content (AvgIpc) is 2.24. The summed E-state index contributed by atoms with van der Waals surface area (Å²) in [6.45, 7) is 5.81. The lowest BCUT2D eigenvalue weighted by molar-refractivity contribution is -0.120. The van der Waals surface area contributed by atoms with E-state index in [0.717, 1.165) is 0 Å². The third-order valence-electron chi connectivity index (χ3n) is 2.15. The summed E-state index contributed by atoms with van der Waals surface area (Å²) in [5.41, 5.74) is 5.91. The largest absolute Gasteiger partial charge is 0.376 e. The number of primary amides is 1. The normalized spacial score (nSPS) is 10.8. The van der Waals surface area contributed by atoms with Crippen molar-refractivity contribution in [3.8, 4) is 0 Å². The molecule has 1 aromatic rings. The lowest BCUT2D eigenvalue weighted by Gasteiger charge is -2.21. The van der Waals surface area contributed by atoms with Crippen LogP contribution in [0.2, 0.25) is 0 Å². The van der Waals surface area contributed by atoms with Crippen molar-refractivity contribution in [2.24, 2.45) is 5.73 Å². The van der Waals surface area contributed by atoms with Gasteiger partial charge in [-0.3, -0.25) is 9.59 Å². The Morgan fingerprint density at radius 3 is 2.39 bits per heavy atom. The summed E-state index contributed by atoms with van der Waals surface area (Å²) in [6, 6.07) is 6.83. The summed E-state index contributed by atoms with van der Waals surface area (Å²) < 4.78 is 0. The second-order valence-corrected chi connectivity index (χ2v) is 5.06. The Bertz CT molecular complexity index is 450. The summed E-state index contributed by atoms with van der Waals surface area (Å²) in [7, 11) is 0. The van der Waals surface area contributed by atoms with Gasteiger partial charge in [-0.2, -0.15) is 0 Å². The van der Waals surface area contributed by atoms with E-state index in [1.54, 1.807) is 24.3 Å². The molecule has 0 atom stereocenters. The minimum atomic E-state index is -0.519. The number of nitrogens with one attached hydrogen (secondary N) is 2. The van der Waals surface area contributed by atoms with E-state index in [1.807, 2.05) is 20.8 Å². The number of hydrogen-bond acceptors (Lipinski definition) is 3. The monoisotopic (exact) mass is 249 g/mol. The van der Waals surface area contributed by atoms with Gasteiger partial charge in [0.2, 0.25) is 5.91 Å².